The fraction of sp³-hybridized carbons (Fsp3) is 0.0833. The monoisotopic (exact) mass is 401 g/mol. The average Bonchev–Trinajstić information content (AvgIpc) is 2.77. The number of benzene rings is 4. The second-order valence-corrected chi connectivity index (χ2v) is 7.77. The first kappa shape index (κ1) is 20.0. The van der Waals surface area contributed by atoms with Crippen LogP contribution in [0.5, 0.6) is 0 Å². The Labute approximate surface area is 173 Å². The summed E-state index contributed by atoms with van der Waals surface area (Å²) >= 11 is 3.22. The molecule has 0 spiro atoms. The topological polar surface area (TPSA) is 40.9 Å². The van der Waals surface area contributed by atoms with Gasteiger partial charge in [0.2, 0.25) is 0 Å². The van der Waals surface area contributed by atoms with Gasteiger partial charge in [0.1, 0.15) is 6.07 Å². The zero-order chi connectivity index (χ0) is 19.9. The summed E-state index contributed by atoms with van der Waals surface area (Å²) in [7, 11) is 0. The van der Waals surface area contributed by atoms with E-state index in [-0.39, 0.29) is 0 Å². The van der Waals surface area contributed by atoms with E-state index in [1.54, 1.807) is 23.5 Å². The van der Waals surface area contributed by atoms with Crippen molar-refractivity contribution in [2.45, 2.75) is 9.79 Å². The Bertz CT molecular complexity index is 1180. The molecular weight excluding hydrogens is 382 g/mol. The van der Waals surface area contributed by atoms with Crippen molar-refractivity contribution >= 4 is 51.4 Å². The zero-order valence-corrected chi connectivity index (χ0v) is 17.3. The molecule has 0 saturated heterocycles. The van der Waals surface area contributed by atoms with E-state index in [4.69, 9.17) is 5.26 Å². The Morgan fingerprint density at radius 1 is 0.750 bits per heavy atom. The quantitative estimate of drug-likeness (QED) is 0.279. The molecule has 4 aromatic carbocycles. The fourth-order valence-electron chi connectivity index (χ4n) is 2.98. The maximum atomic E-state index is 10.8. The first-order chi connectivity index (χ1) is 13.7. The highest BCUT2D eigenvalue weighted by Gasteiger charge is 2.03. The van der Waals surface area contributed by atoms with Gasteiger partial charge in [-0.15, -0.1) is 23.5 Å². The molecule has 0 atom stereocenters. The van der Waals surface area contributed by atoms with Crippen LogP contribution in [0.3, 0.4) is 0 Å². The number of hydrogen-bond acceptors (Lipinski definition) is 4. The molecule has 0 fully saturated rings. The van der Waals surface area contributed by atoms with E-state index in [1.165, 1.54) is 10.8 Å². The van der Waals surface area contributed by atoms with Gasteiger partial charge in [-0.2, -0.15) is 5.26 Å². The highest BCUT2D eigenvalue weighted by atomic mass is 32.2. The Balaban J connectivity index is 0.000000161. The number of aldehydes is 1. The first-order valence-electron chi connectivity index (χ1n) is 8.69. The summed E-state index contributed by atoms with van der Waals surface area (Å²) < 4.78 is 0. The van der Waals surface area contributed by atoms with Crippen molar-refractivity contribution < 1.29 is 4.79 Å². The summed E-state index contributed by atoms with van der Waals surface area (Å²) in [6.45, 7) is 0. The highest BCUT2D eigenvalue weighted by molar-refractivity contribution is 7.98. The van der Waals surface area contributed by atoms with Gasteiger partial charge < -0.3 is 0 Å². The summed E-state index contributed by atoms with van der Waals surface area (Å²) in [5.74, 6) is 0. The molecule has 0 amide bonds. The number of carbonyl (C=O) groups excluding carboxylic acids is 1. The Morgan fingerprint density at radius 3 is 1.68 bits per heavy atom. The minimum Gasteiger partial charge on any atom is -0.298 e. The summed E-state index contributed by atoms with van der Waals surface area (Å²) in [6, 6.07) is 26.4. The van der Waals surface area contributed by atoms with Gasteiger partial charge in [0.15, 0.2) is 6.29 Å². The molecular formula is C24H19NOS2. The van der Waals surface area contributed by atoms with E-state index >= 15 is 0 Å². The summed E-state index contributed by atoms with van der Waals surface area (Å²) in [4.78, 5) is 12.9. The van der Waals surface area contributed by atoms with E-state index in [0.29, 0.717) is 0 Å². The van der Waals surface area contributed by atoms with Crippen molar-refractivity contribution in [1.29, 1.82) is 5.26 Å². The molecule has 4 rings (SSSR count). The van der Waals surface area contributed by atoms with Gasteiger partial charge in [-0.1, -0.05) is 48.5 Å². The molecule has 2 nitrogen and oxygen atoms in total. The molecule has 0 N–H and O–H groups in total. The van der Waals surface area contributed by atoms with Crippen LogP contribution in [0.1, 0.15) is 15.9 Å². The Morgan fingerprint density at radius 2 is 1.21 bits per heavy atom. The molecule has 0 radical (unpaired) electrons. The van der Waals surface area contributed by atoms with Gasteiger partial charge in [0, 0.05) is 15.4 Å². The molecule has 0 aliphatic heterocycles. The second kappa shape index (κ2) is 9.45. The lowest BCUT2D eigenvalue weighted by Crippen LogP contribution is -1.85. The van der Waals surface area contributed by atoms with Gasteiger partial charge in [0.05, 0.1) is 5.56 Å². The van der Waals surface area contributed by atoms with Crippen LogP contribution >= 0.6 is 23.5 Å². The largest absolute Gasteiger partial charge is 0.298 e. The standard InChI is InChI=1S/C12H9NS.C12H10OS/c2*1-14-12-7-10-5-3-2-4-9(10)6-11(12)8-13/h2-7H,1H3;2-8H,1H3. The van der Waals surface area contributed by atoms with E-state index in [9.17, 15) is 4.79 Å². The Hall–Kier alpha value is -2.74. The minimum atomic E-state index is 0.760. The van der Waals surface area contributed by atoms with Gasteiger partial charge in [-0.25, -0.2) is 0 Å². The maximum Gasteiger partial charge on any atom is 0.151 e. The van der Waals surface area contributed by atoms with Crippen LogP contribution in [0, 0.1) is 11.3 Å². The molecule has 0 unspecified atom stereocenters. The van der Waals surface area contributed by atoms with E-state index in [2.05, 4.69) is 30.3 Å². The van der Waals surface area contributed by atoms with Gasteiger partial charge in [0.25, 0.3) is 0 Å². The fourth-order valence-corrected chi connectivity index (χ4v) is 4.14. The van der Waals surface area contributed by atoms with Crippen LogP contribution in [0.25, 0.3) is 21.5 Å². The molecule has 0 saturated carbocycles. The summed E-state index contributed by atoms with van der Waals surface area (Å²) in [6.07, 6.45) is 4.89. The number of rotatable bonds is 3. The van der Waals surface area contributed by atoms with E-state index in [0.717, 1.165) is 38.0 Å². The van der Waals surface area contributed by atoms with E-state index < -0.39 is 0 Å². The number of nitriles is 1. The lowest BCUT2D eigenvalue weighted by Gasteiger charge is -2.03. The number of carbonyl (C=O) groups is 1. The molecule has 0 bridgehead atoms. The van der Waals surface area contributed by atoms with Crippen molar-refractivity contribution in [3.8, 4) is 6.07 Å². The normalized spacial score (nSPS) is 10.2. The molecule has 0 aliphatic rings. The van der Waals surface area contributed by atoms with Crippen LogP contribution in [-0.4, -0.2) is 18.8 Å². The third kappa shape index (κ3) is 4.39. The average molecular weight is 402 g/mol. The number of nitrogens with zero attached hydrogens (tertiary/aromatic N) is 1. The van der Waals surface area contributed by atoms with Crippen LogP contribution in [0.2, 0.25) is 0 Å². The molecule has 4 aromatic rings. The second-order valence-electron chi connectivity index (χ2n) is 6.07. The third-order valence-electron chi connectivity index (χ3n) is 4.41. The summed E-state index contributed by atoms with van der Waals surface area (Å²) in [5.41, 5.74) is 1.53. The van der Waals surface area contributed by atoms with Gasteiger partial charge >= 0.3 is 0 Å². The van der Waals surface area contributed by atoms with Crippen LogP contribution in [0.15, 0.2) is 82.6 Å². The maximum absolute atomic E-state index is 10.8. The first-order valence-corrected chi connectivity index (χ1v) is 11.1. The van der Waals surface area contributed by atoms with Gasteiger partial charge in [-0.3, -0.25) is 4.79 Å². The lowest BCUT2D eigenvalue weighted by molar-refractivity contribution is 0.112. The molecule has 0 aromatic heterocycles. The summed E-state index contributed by atoms with van der Waals surface area (Å²) in [5, 5.41) is 13.6. The smallest absolute Gasteiger partial charge is 0.151 e. The van der Waals surface area contributed by atoms with Crippen molar-refractivity contribution in [2.24, 2.45) is 0 Å². The van der Waals surface area contributed by atoms with Crippen molar-refractivity contribution in [3.05, 3.63) is 83.9 Å². The van der Waals surface area contributed by atoms with E-state index in [1.807, 2.05) is 61.0 Å². The third-order valence-corrected chi connectivity index (χ3v) is 5.98. The lowest BCUT2D eigenvalue weighted by atomic mass is 10.1. The SMILES string of the molecule is CSc1cc2ccccc2cc1C#N.CSc1cc2ccccc2cc1C=O. The number of hydrogen-bond donors (Lipinski definition) is 0. The van der Waals surface area contributed by atoms with Crippen molar-refractivity contribution in [3.63, 3.8) is 0 Å². The predicted octanol–water partition coefficient (Wildman–Crippen LogP) is 6.81. The zero-order valence-electron chi connectivity index (χ0n) is 15.7. The van der Waals surface area contributed by atoms with Crippen LogP contribution in [0.4, 0.5) is 0 Å². The molecule has 0 aliphatic carbocycles. The molecule has 4 heteroatoms. The predicted molar refractivity (Wildman–Crippen MR) is 122 cm³/mol. The van der Waals surface area contributed by atoms with Crippen LogP contribution < -0.4 is 0 Å². The molecule has 0 heterocycles. The highest BCUT2D eigenvalue weighted by Crippen LogP contribution is 2.26. The van der Waals surface area contributed by atoms with Crippen LogP contribution in [-0.2, 0) is 0 Å². The Kier molecular flexibility index (Phi) is 6.76. The minimum absolute atomic E-state index is 0.760. The van der Waals surface area contributed by atoms with Crippen molar-refractivity contribution in [1.82, 2.24) is 0 Å². The molecule has 138 valence electrons. The number of thioether (sulfide) groups is 2. The van der Waals surface area contributed by atoms with Gasteiger partial charge in [-0.05, 0) is 58.3 Å². The molecule has 28 heavy (non-hydrogen) atoms. The number of fused-ring (bicyclic) bond motifs is 2. The van der Waals surface area contributed by atoms with Crippen molar-refractivity contribution in [2.75, 3.05) is 12.5 Å².